The number of hydrogen-bond acceptors (Lipinski definition) is 4. The number of carbonyl (C=O) groups excluding carboxylic acids is 1. The second kappa shape index (κ2) is 6.43. The summed E-state index contributed by atoms with van der Waals surface area (Å²) in [5.41, 5.74) is 5.57. The summed E-state index contributed by atoms with van der Waals surface area (Å²) in [5, 5.41) is 12.6. The van der Waals surface area contributed by atoms with Crippen molar-refractivity contribution in [2.24, 2.45) is 0 Å². The molecule has 1 atom stereocenters. The van der Waals surface area contributed by atoms with Gasteiger partial charge in [0, 0.05) is 12.2 Å². The van der Waals surface area contributed by atoms with Crippen molar-refractivity contribution < 1.29 is 14.6 Å². The average molecular weight is 266 g/mol. The molecule has 0 radical (unpaired) electrons. The molecule has 1 aromatic rings. The van der Waals surface area contributed by atoms with Gasteiger partial charge in [0.25, 0.3) is 5.91 Å². The van der Waals surface area contributed by atoms with E-state index >= 15 is 0 Å². The van der Waals surface area contributed by atoms with Gasteiger partial charge in [-0.05, 0) is 32.4 Å². The van der Waals surface area contributed by atoms with E-state index in [-0.39, 0.29) is 12.5 Å². The molecule has 19 heavy (non-hydrogen) atoms. The lowest BCUT2D eigenvalue weighted by molar-refractivity contribution is 0.0517. The van der Waals surface area contributed by atoms with Gasteiger partial charge in [-0.15, -0.1) is 0 Å². The molecule has 0 heterocycles. The first-order valence-electron chi connectivity index (χ1n) is 6.43. The van der Waals surface area contributed by atoms with Crippen LogP contribution in [0.5, 0.6) is 5.75 Å². The van der Waals surface area contributed by atoms with Crippen LogP contribution in [0.25, 0.3) is 0 Å². The fourth-order valence-corrected chi connectivity index (χ4v) is 1.55. The highest BCUT2D eigenvalue weighted by Crippen LogP contribution is 2.24. The lowest BCUT2D eigenvalue weighted by atomic mass is 10.0. The standard InChI is InChI=1S/C14H22N2O3/c1-4-14(3,18)9-16-13(17)12-10(15)7-6-8-11(12)19-5-2/h6-8,18H,4-5,9,15H2,1-3H3,(H,16,17). The predicted molar refractivity (Wildman–Crippen MR) is 75.3 cm³/mol. The van der Waals surface area contributed by atoms with Crippen molar-refractivity contribution in [1.29, 1.82) is 0 Å². The Kier molecular flexibility index (Phi) is 5.18. The molecule has 0 saturated heterocycles. The molecular weight excluding hydrogens is 244 g/mol. The van der Waals surface area contributed by atoms with E-state index < -0.39 is 5.60 Å². The minimum absolute atomic E-state index is 0.169. The van der Waals surface area contributed by atoms with Gasteiger partial charge in [-0.3, -0.25) is 4.79 Å². The van der Waals surface area contributed by atoms with E-state index in [9.17, 15) is 9.90 Å². The topological polar surface area (TPSA) is 84.6 Å². The van der Waals surface area contributed by atoms with E-state index in [1.54, 1.807) is 25.1 Å². The molecule has 0 spiro atoms. The van der Waals surface area contributed by atoms with Crippen LogP contribution >= 0.6 is 0 Å². The van der Waals surface area contributed by atoms with Crippen LogP contribution < -0.4 is 15.8 Å². The number of ether oxygens (including phenoxy) is 1. The number of benzene rings is 1. The maximum atomic E-state index is 12.1. The highest BCUT2D eigenvalue weighted by atomic mass is 16.5. The Labute approximate surface area is 113 Å². The molecule has 0 aliphatic rings. The molecule has 0 aliphatic carbocycles. The molecule has 1 aromatic carbocycles. The second-order valence-electron chi connectivity index (χ2n) is 4.69. The molecule has 1 unspecified atom stereocenters. The molecule has 106 valence electrons. The number of nitrogen functional groups attached to an aromatic ring is 1. The van der Waals surface area contributed by atoms with Crippen molar-refractivity contribution in [3.8, 4) is 5.75 Å². The molecule has 0 aliphatic heterocycles. The van der Waals surface area contributed by atoms with Crippen molar-refractivity contribution >= 4 is 11.6 Å². The highest BCUT2D eigenvalue weighted by Gasteiger charge is 2.21. The number of amides is 1. The summed E-state index contributed by atoms with van der Waals surface area (Å²) in [6, 6.07) is 5.08. The zero-order valence-corrected chi connectivity index (χ0v) is 11.7. The first-order valence-corrected chi connectivity index (χ1v) is 6.43. The van der Waals surface area contributed by atoms with E-state index in [0.717, 1.165) is 0 Å². The van der Waals surface area contributed by atoms with E-state index in [1.807, 2.05) is 13.8 Å². The van der Waals surface area contributed by atoms with E-state index in [1.165, 1.54) is 0 Å². The van der Waals surface area contributed by atoms with Crippen LogP contribution in [0.3, 0.4) is 0 Å². The van der Waals surface area contributed by atoms with Gasteiger partial charge in [0.2, 0.25) is 0 Å². The van der Waals surface area contributed by atoms with Gasteiger partial charge in [-0.1, -0.05) is 13.0 Å². The Morgan fingerprint density at radius 3 is 2.74 bits per heavy atom. The maximum Gasteiger partial charge on any atom is 0.257 e. The van der Waals surface area contributed by atoms with Gasteiger partial charge in [0.05, 0.1) is 12.2 Å². The molecular formula is C14H22N2O3. The first kappa shape index (κ1) is 15.3. The number of aliphatic hydroxyl groups is 1. The zero-order chi connectivity index (χ0) is 14.5. The fourth-order valence-electron chi connectivity index (χ4n) is 1.55. The van der Waals surface area contributed by atoms with Crippen LogP contribution in [0, 0.1) is 0 Å². The normalized spacial score (nSPS) is 13.7. The SMILES string of the molecule is CCOc1cccc(N)c1C(=O)NCC(C)(O)CC. The van der Waals surface area contributed by atoms with Gasteiger partial charge < -0.3 is 20.9 Å². The van der Waals surface area contributed by atoms with Crippen LogP contribution in [0.2, 0.25) is 0 Å². The quantitative estimate of drug-likeness (QED) is 0.682. The third kappa shape index (κ3) is 4.13. The van der Waals surface area contributed by atoms with E-state index in [2.05, 4.69) is 5.32 Å². The van der Waals surface area contributed by atoms with Crippen LogP contribution in [0.4, 0.5) is 5.69 Å². The van der Waals surface area contributed by atoms with Crippen molar-refractivity contribution in [1.82, 2.24) is 5.32 Å². The third-order valence-electron chi connectivity index (χ3n) is 2.98. The largest absolute Gasteiger partial charge is 0.493 e. The molecule has 5 heteroatoms. The van der Waals surface area contributed by atoms with Crippen LogP contribution in [-0.4, -0.2) is 29.8 Å². The highest BCUT2D eigenvalue weighted by molar-refractivity contribution is 6.01. The summed E-state index contributed by atoms with van der Waals surface area (Å²) in [6.07, 6.45) is 0.551. The Bertz CT molecular complexity index is 444. The molecule has 4 N–H and O–H groups in total. The van der Waals surface area contributed by atoms with Gasteiger partial charge >= 0.3 is 0 Å². The molecule has 0 fully saturated rings. The Hall–Kier alpha value is -1.75. The summed E-state index contributed by atoms with van der Waals surface area (Å²) in [5.74, 6) is 0.117. The lowest BCUT2D eigenvalue weighted by Gasteiger charge is -2.22. The summed E-state index contributed by atoms with van der Waals surface area (Å²) in [7, 11) is 0. The summed E-state index contributed by atoms with van der Waals surface area (Å²) in [6.45, 7) is 5.99. The molecule has 0 aromatic heterocycles. The van der Waals surface area contributed by atoms with Crippen LogP contribution in [-0.2, 0) is 0 Å². The minimum atomic E-state index is -0.926. The van der Waals surface area contributed by atoms with Crippen molar-refractivity contribution in [3.05, 3.63) is 23.8 Å². The van der Waals surface area contributed by atoms with Crippen LogP contribution in [0.1, 0.15) is 37.6 Å². The van der Waals surface area contributed by atoms with Gasteiger partial charge in [0.1, 0.15) is 11.3 Å². The number of hydrogen-bond donors (Lipinski definition) is 3. The number of nitrogens with two attached hydrogens (primary N) is 1. The zero-order valence-electron chi connectivity index (χ0n) is 11.7. The number of rotatable bonds is 6. The number of anilines is 1. The molecule has 0 saturated carbocycles. The fraction of sp³-hybridized carbons (Fsp3) is 0.500. The summed E-state index contributed by atoms with van der Waals surface area (Å²) < 4.78 is 5.39. The lowest BCUT2D eigenvalue weighted by Crippen LogP contribution is -2.40. The number of nitrogens with one attached hydrogen (secondary N) is 1. The second-order valence-corrected chi connectivity index (χ2v) is 4.69. The van der Waals surface area contributed by atoms with Crippen molar-refractivity contribution in [2.75, 3.05) is 18.9 Å². The maximum absolute atomic E-state index is 12.1. The minimum Gasteiger partial charge on any atom is -0.493 e. The molecule has 1 rings (SSSR count). The Morgan fingerprint density at radius 2 is 2.16 bits per heavy atom. The smallest absolute Gasteiger partial charge is 0.257 e. The van der Waals surface area contributed by atoms with Gasteiger partial charge in [0.15, 0.2) is 0 Å². The third-order valence-corrected chi connectivity index (χ3v) is 2.98. The number of carbonyl (C=O) groups is 1. The monoisotopic (exact) mass is 266 g/mol. The van der Waals surface area contributed by atoms with Crippen LogP contribution in [0.15, 0.2) is 18.2 Å². The Balaban J connectivity index is 2.87. The molecule has 1 amide bonds. The Morgan fingerprint density at radius 1 is 1.47 bits per heavy atom. The average Bonchev–Trinajstić information content (AvgIpc) is 2.37. The summed E-state index contributed by atoms with van der Waals surface area (Å²) >= 11 is 0. The van der Waals surface area contributed by atoms with Gasteiger partial charge in [-0.2, -0.15) is 0 Å². The predicted octanol–water partition coefficient (Wildman–Crippen LogP) is 1.56. The van der Waals surface area contributed by atoms with Crippen molar-refractivity contribution in [2.45, 2.75) is 32.8 Å². The van der Waals surface area contributed by atoms with E-state index in [4.69, 9.17) is 10.5 Å². The molecule has 5 nitrogen and oxygen atoms in total. The first-order chi connectivity index (χ1) is 8.91. The van der Waals surface area contributed by atoms with Gasteiger partial charge in [-0.25, -0.2) is 0 Å². The molecule has 0 bridgehead atoms. The summed E-state index contributed by atoms with van der Waals surface area (Å²) in [4.78, 5) is 12.1. The van der Waals surface area contributed by atoms with E-state index in [0.29, 0.717) is 30.0 Å². The van der Waals surface area contributed by atoms with Crippen molar-refractivity contribution in [3.63, 3.8) is 0 Å².